The molecule has 1 saturated carbocycles. The Hall–Kier alpha value is -0.900. The van der Waals surface area contributed by atoms with Gasteiger partial charge in [-0.25, -0.2) is 4.98 Å². The van der Waals surface area contributed by atoms with Crippen molar-refractivity contribution in [3.8, 4) is 0 Å². The van der Waals surface area contributed by atoms with Gasteiger partial charge in [0.1, 0.15) is 5.92 Å². The van der Waals surface area contributed by atoms with E-state index in [1.807, 2.05) is 18.3 Å². The van der Waals surface area contributed by atoms with Crippen LogP contribution in [0, 0.1) is 5.92 Å². The van der Waals surface area contributed by atoms with Gasteiger partial charge in [0.15, 0.2) is 0 Å². The molecule has 104 valence electrons. The van der Waals surface area contributed by atoms with E-state index < -0.39 is 0 Å². The molecule has 4 heteroatoms. The zero-order valence-corrected chi connectivity index (χ0v) is 12.5. The van der Waals surface area contributed by atoms with Crippen LogP contribution in [-0.2, 0) is 16.0 Å². The molecule has 1 aromatic rings. The van der Waals surface area contributed by atoms with Gasteiger partial charge in [-0.1, -0.05) is 13.3 Å². The number of fused-ring (bicyclic) bond motifs is 1. The SMILES string of the molecule is CCOC(=O)C1CCc2sc(C3CCC(C)C3)nc21. The summed E-state index contributed by atoms with van der Waals surface area (Å²) >= 11 is 1.84. The molecule has 0 spiro atoms. The first-order valence-electron chi connectivity index (χ1n) is 7.35. The average molecular weight is 279 g/mol. The van der Waals surface area contributed by atoms with Crippen LogP contribution < -0.4 is 0 Å². The molecule has 0 bridgehead atoms. The summed E-state index contributed by atoms with van der Waals surface area (Å²) in [5.41, 5.74) is 1.03. The fraction of sp³-hybridized carbons (Fsp3) is 0.733. The van der Waals surface area contributed by atoms with E-state index in [1.165, 1.54) is 29.1 Å². The largest absolute Gasteiger partial charge is 0.465 e. The zero-order chi connectivity index (χ0) is 13.4. The number of carbonyl (C=O) groups is 1. The molecule has 3 unspecified atom stereocenters. The lowest BCUT2D eigenvalue weighted by Crippen LogP contribution is -2.14. The highest BCUT2D eigenvalue weighted by Gasteiger charge is 2.35. The fourth-order valence-electron chi connectivity index (χ4n) is 3.32. The molecule has 1 fully saturated rings. The van der Waals surface area contributed by atoms with E-state index in [0.29, 0.717) is 12.5 Å². The molecule has 2 aliphatic rings. The highest BCUT2D eigenvalue weighted by molar-refractivity contribution is 7.11. The van der Waals surface area contributed by atoms with E-state index in [1.54, 1.807) is 0 Å². The highest BCUT2D eigenvalue weighted by atomic mass is 32.1. The number of nitrogens with zero attached hydrogens (tertiary/aromatic N) is 1. The summed E-state index contributed by atoms with van der Waals surface area (Å²) in [6.07, 6.45) is 5.72. The number of ether oxygens (including phenoxy) is 1. The normalized spacial score (nSPS) is 29.5. The van der Waals surface area contributed by atoms with Crippen molar-refractivity contribution in [1.82, 2.24) is 4.98 Å². The smallest absolute Gasteiger partial charge is 0.315 e. The van der Waals surface area contributed by atoms with Crippen LogP contribution in [-0.4, -0.2) is 17.6 Å². The lowest BCUT2D eigenvalue weighted by atomic mass is 10.1. The van der Waals surface area contributed by atoms with Crippen molar-refractivity contribution in [2.24, 2.45) is 5.92 Å². The van der Waals surface area contributed by atoms with E-state index in [0.717, 1.165) is 24.5 Å². The maximum absolute atomic E-state index is 11.9. The van der Waals surface area contributed by atoms with Crippen LogP contribution in [0.25, 0.3) is 0 Å². The van der Waals surface area contributed by atoms with Crippen molar-refractivity contribution in [1.29, 1.82) is 0 Å². The minimum atomic E-state index is -0.0984. The van der Waals surface area contributed by atoms with Crippen LogP contribution in [0.5, 0.6) is 0 Å². The summed E-state index contributed by atoms with van der Waals surface area (Å²) in [5, 5.41) is 1.27. The van der Waals surface area contributed by atoms with E-state index in [4.69, 9.17) is 9.72 Å². The minimum Gasteiger partial charge on any atom is -0.465 e. The molecular formula is C15H21NO2S. The molecule has 3 rings (SSSR count). The summed E-state index contributed by atoms with van der Waals surface area (Å²) in [5.74, 6) is 1.27. The predicted molar refractivity (Wildman–Crippen MR) is 75.6 cm³/mol. The van der Waals surface area contributed by atoms with Gasteiger partial charge in [-0.3, -0.25) is 4.79 Å². The van der Waals surface area contributed by atoms with E-state index in [9.17, 15) is 4.79 Å². The second kappa shape index (κ2) is 5.23. The summed E-state index contributed by atoms with van der Waals surface area (Å²) in [4.78, 5) is 18.1. The number of hydrogen-bond donors (Lipinski definition) is 0. The Kier molecular flexibility index (Phi) is 3.61. The molecule has 19 heavy (non-hydrogen) atoms. The number of rotatable bonds is 3. The molecule has 3 nitrogen and oxygen atoms in total. The lowest BCUT2D eigenvalue weighted by molar-refractivity contribution is -0.145. The number of carbonyl (C=O) groups excluding carboxylic acids is 1. The maximum Gasteiger partial charge on any atom is 0.315 e. The van der Waals surface area contributed by atoms with Gasteiger partial charge in [0.25, 0.3) is 0 Å². The van der Waals surface area contributed by atoms with E-state index in [2.05, 4.69) is 6.92 Å². The molecule has 0 saturated heterocycles. The van der Waals surface area contributed by atoms with E-state index >= 15 is 0 Å². The summed E-state index contributed by atoms with van der Waals surface area (Å²) in [7, 11) is 0. The van der Waals surface area contributed by atoms with E-state index in [-0.39, 0.29) is 11.9 Å². The molecule has 0 radical (unpaired) electrons. The van der Waals surface area contributed by atoms with Gasteiger partial charge < -0.3 is 4.74 Å². The van der Waals surface area contributed by atoms with Gasteiger partial charge in [-0.2, -0.15) is 0 Å². The second-order valence-corrected chi connectivity index (χ2v) is 6.93. The predicted octanol–water partition coefficient (Wildman–Crippen LogP) is 3.64. The Morgan fingerprint density at radius 3 is 2.95 bits per heavy atom. The molecular weight excluding hydrogens is 258 g/mol. The maximum atomic E-state index is 11.9. The third-order valence-electron chi connectivity index (χ3n) is 4.35. The van der Waals surface area contributed by atoms with Crippen LogP contribution in [0.2, 0.25) is 0 Å². The third kappa shape index (κ3) is 2.42. The van der Waals surface area contributed by atoms with Crippen LogP contribution in [0.1, 0.15) is 66.9 Å². The number of thiazole rings is 1. The first-order chi connectivity index (χ1) is 9.19. The van der Waals surface area contributed by atoms with Crippen molar-refractivity contribution in [2.75, 3.05) is 6.61 Å². The Balaban J connectivity index is 1.78. The van der Waals surface area contributed by atoms with Gasteiger partial charge in [-0.05, 0) is 38.5 Å². The summed E-state index contributed by atoms with van der Waals surface area (Å²) in [6, 6.07) is 0. The lowest BCUT2D eigenvalue weighted by Gasteiger charge is -2.09. The molecule has 0 aromatic carbocycles. The van der Waals surface area contributed by atoms with Crippen molar-refractivity contribution in [3.63, 3.8) is 0 Å². The standard InChI is InChI=1S/C15H21NO2S/c1-3-18-15(17)11-6-7-12-13(11)16-14(19-12)10-5-4-9(2)8-10/h9-11H,3-8H2,1-2H3. The van der Waals surface area contributed by atoms with Gasteiger partial charge >= 0.3 is 5.97 Å². The minimum absolute atomic E-state index is 0.0853. The summed E-state index contributed by atoms with van der Waals surface area (Å²) in [6.45, 7) is 4.64. The molecule has 0 aliphatic heterocycles. The fourth-order valence-corrected chi connectivity index (χ4v) is 4.61. The average Bonchev–Trinajstić information content (AvgIpc) is 3.02. The van der Waals surface area contributed by atoms with Gasteiger partial charge in [0, 0.05) is 10.8 Å². The zero-order valence-electron chi connectivity index (χ0n) is 11.6. The Morgan fingerprint density at radius 2 is 2.26 bits per heavy atom. The van der Waals surface area contributed by atoms with Gasteiger partial charge in [0.2, 0.25) is 0 Å². The van der Waals surface area contributed by atoms with Crippen LogP contribution >= 0.6 is 11.3 Å². The topological polar surface area (TPSA) is 39.2 Å². The second-order valence-electron chi connectivity index (χ2n) is 5.82. The van der Waals surface area contributed by atoms with Crippen molar-refractivity contribution in [3.05, 3.63) is 15.6 Å². The number of esters is 1. The Bertz CT molecular complexity index is 482. The highest BCUT2D eigenvalue weighted by Crippen LogP contribution is 2.44. The van der Waals surface area contributed by atoms with Crippen molar-refractivity contribution >= 4 is 17.3 Å². The number of aromatic nitrogens is 1. The molecule has 0 N–H and O–H groups in total. The molecule has 2 aliphatic carbocycles. The molecule has 1 heterocycles. The Labute approximate surface area is 118 Å². The number of aryl methyl sites for hydroxylation is 1. The molecule has 3 atom stereocenters. The van der Waals surface area contributed by atoms with Crippen LogP contribution in [0.4, 0.5) is 0 Å². The van der Waals surface area contributed by atoms with Crippen LogP contribution in [0.15, 0.2) is 0 Å². The monoisotopic (exact) mass is 279 g/mol. The van der Waals surface area contributed by atoms with Crippen molar-refractivity contribution in [2.45, 2.75) is 57.8 Å². The Morgan fingerprint density at radius 1 is 1.42 bits per heavy atom. The molecule has 0 amide bonds. The first-order valence-corrected chi connectivity index (χ1v) is 8.16. The van der Waals surface area contributed by atoms with Gasteiger partial charge in [-0.15, -0.1) is 11.3 Å². The third-order valence-corrected chi connectivity index (χ3v) is 5.64. The summed E-state index contributed by atoms with van der Waals surface area (Å²) < 4.78 is 5.16. The van der Waals surface area contributed by atoms with Crippen molar-refractivity contribution < 1.29 is 9.53 Å². The quantitative estimate of drug-likeness (QED) is 0.793. The molecule has 1 aromatic heterocycles. The van der Waals surface area contributed by atoms with Gasteiger partial charge in [0.05, 0.1) is 17.3 Å². The van der Waals surface area contributed by atoms with Crippen LogP contribution in [0.3, 0.4) is 0 Å². The first kappa shape index (κ1) is 13.1. The number of hydrogen-bond acceptors (Lipinski definition) is 4.